The first kappa shape index (κ1) is 8.74. The van der Waals surface area contributed by atoms with Gasteiger partial charge in [-0.05, 0) is 6.92 Å². The molecule has 0 aromatic rings. The van der Waals surface area contributed by atoms with Gasteiger partial charge in [-0.1, -0.05) is 0 Å². The lowest BCUT2D eigenvalue weighted by Crippen LogP contribution is -2.42. The number of methoxy groups -OCH3 is 1. The fraction of sp³-hybridized carbons (Fsp3) is 0.600. The smallest absolute Gasteiger partial charge is 0.328 e. The Labute approximate surface area is 58.5 Å². The number of hydrogen-bond acceptors (Lipinski definition) is 3. The van der Waals surface area contributed by atoms with E-state index in [0.717, 1.165) is 0 Å². The van der Waals surface area contributed by atoms with Gasteiger partial charge in [0.2, 0.25) is 0 Å². The Hall–Kier alpha value is -1.26. The number of rotatable bonds is 2. The number of carbonyl (C=O) groups is 2. The fourth-order valence-electron chi connectivity index (χ4n) is 0.449. The van der Waals surface area contributed by atoms with E-state index in [1.807, 2.05) is 0 Å². The fourth-order valence-corrected chi connectivity index (χ4v) is 0.449. The van der Waals surface area contributed by atoms with E-state index >= 15 is 0 Å². The highest BCUT2D eigenvalue weighted by atomic mass is 16.5. The third kappa shape index (κ3) is 2.91. The van der Waals surface area contributed by atoms with Gasteiger partial charge in [0.1, 0.15) is 6.04 Å². The average molecular weight is 146 g/mol. The van der Waals surface area contributed by atoms with Crippen molar-refractivity contribution in [2.45, 2.75) is 13.0 Å². The van der Waals surface area contributed by atoms with Crippen LogP contribution >= 0.6 is 0 Å². The number of ether oxygens (including phenoxy) is 1. The first-order valence-corrected chi connectivity index (χ1v) is 2.71. The van der Waals surface area contributed by atoms with Crippen molar-refractivity contribution >= 4 is 12.0 Å². The Kier molecular flexibility index (Phi) is 3.24. The molecule has 10 heavy (non-hydrogen) atoms. The largest absolute Gasteiger partial charge is 0.467 e. The first-order valence-electron chi connectivity index (χ1n) is 2.71. The van der Waals surface area contributed by atoms with Gasteiger partial charge in [-0.25, -0.2) is 9.59 Å². The molecule has 0 bridgehead atoms. The van der Waals surface area contributed by atoms with Gasteiger partial charge in [-0.3, -0.25) is 0 Å². The molecule has 2 amide bonds. The zero-order valence-electron chi connectivity index (χ0n) is 5.88. The first-order chi connectivity index (χ1) is 4.57. The highest BCUT2D eigenvalue weighted by molar-refractivity contribution is 5.82. The Bertz CT molecular complexity index is 146. The van der Waals surface area contributed by atoms with E-state index in [0.29, 0.717) is 0 Å². The lowest BCUT2D eigenvalue weighted by Gasteiger charge is -2.07. The van der Waals surface area contributed by atoms with Gasteiger partial charge >= 0.3 is 12.0 Å². The SMILES string of the molecule is COC(=O)[C@H](C)NC(N)=O. The molecule has 0 saturated heterocycles. The molecular formula is C5H10N2O3. The van der Waals surface area contributed by atoms with Crippen molar-refractivity contribution in [2.24, 2.45) is 5.73 Å². The van der Waals surface area contributed by atoms with Gasteiger partial charge in [-0.15, -0.1) is 0 Å². The molecule has 0 aromatic carbocycles. The zero-order chi connectivity index (χ0) is 8.15. The van der Waals surface area contributed by atoms with Gasteiger partial charge < -0.3 is 15.8 Å². The van der Waals surface area contributed by atoms with Crippen molar-refractivity contribution in [3.63, 3.8) is 0 Å². The summed E-state index contributed by atoms with van der Waals surface area (Å²) in [6, 6.07) is -1.42. The van der Waals surface area contributed by atoms with Crippen molar-refractivity contribution in [3.8, 4) is 0 Å². The number of nitrogens with two attached hydrogens (primary N) is 1. The summed E-state index contributed by atoms with van der Waals surface area (Å²) >= 11 is 0. The van der Waals surface area contributed by atoms with Crippen LogP contribution in [0.25, 0.3) is 0 Å². The molecule has 0 saturated carbocycles. The summed E-state index contributed by atoms with van der Waals surface area (Å²) in [5, 5.41) is 2.16. The minimum atomic E-state index is -0.738. The monoisotopic (exact) mass is 146 g/mol. The molecule has 0 heterocycles. The van der Waals surface area contributed by atoms with Crippen LogP contribution in [0.3, 0.4) is 0 Å². The Morgan fingerprint density at radius 2 is 2.10 bits per heavy atom. The Balaban J connectivity index is 3.72. The van der Waals surface area contributed by atoms with Crippen LogP contribution in [0.15, 0.2) is 0 Å². The van der Waals surface area contributed by atoms with Crippen molar-refractivity contribution in [2.75, 3.05) is 7.11 Å². The molecule has 0 aromatic heterocycles. The van der Waals surface area contributed by atoms with Gasteiger partial charge in [0.05, 0.1) is 7.11 Å². The second-order valence-corrected chi connectivity index (χ2v) is 1.75. The van der Waals surface area contributed by atoms with Crippen molar-refractivity contribution < 1.29 is 14.3 Å². The predicted octanol–water partition coefficient (Wildman–Crippen LogP) is -0.784. The molecule has 0 aliphatic carbocycles. The highest BCUT2D eigenvalue weighted by Gasteiger charge is 2.12. The molecule has 0 fully saturated rings. The summed E-state index contributed by atoms with van der Waals surface area (Å²) < 4.78 is 4.30. The molecule has 0 rings (SSSR count). The summed E-state index contributed by atoms with van der Waals surface area (Å²) in [5.41, 5.74) is 4.73. The Morgan fingerprint density at radius 1 is 1.60 bits per heavy atom. The van der Waals surface area contributed by atoms with Gasteiger partial charge in [-0.2, -0.15) is 0 Å². The molecular weight excluding hydrogens is 136 g/mol. The van der Waals surface area contributed by atoms with E-state index in [4.69, 9.17) is 5.73 Å². The van der Waals surface area contributed by atoms with E-state index in [9.17, 15) is 9.59 Å². The predicted molar refractivity (Wildman–Crippen MR) is 34.2 cm³/mol. The van der Waals surface area contributed by atoms with Gasteiger partial charge in [0, 0.05) is 0 Å². The zero-order valence-corrected chi connectivity index (χ0v) is 5.88. The molecule has 5 nitrogen and oxygen atoms in total. The molecule has 3 N–H and O–H groups in total. The van der Waals surface area contributed by atoms with Gasteiger partial charge in [0.25, 0.3) is 0 Å². The molecule has 0 radical (unpaired) electrons. The van der Waals surface area contributed by atoms with E-state index in [-0.39, 0.29) is 0 Å². The minimum Gasteiger partial charge on any atom is -0.467 e. The van der Waals surface area contributed by atoms with Crippen LogP contribution in [0.5, 0.6) is 0 Å². The minimum absolute atomic E-state index is 0.515. The number of hydrogen-bond donors (Lipinski definition) is 2. The van der Waals surface area contributed by atoms with E-state index in [1.165, 1.54) is 14.0 Å². The average Bonchev–Trinajstić information content (AvgIpc) is 1.85. The molecule has 0 aliphatic heterocycles. The number of amides is 2. The normalized spacial score (nSPS) is 11.8. The van der Waals surface area contributed by atoms with Crippen LogP contribution < -0.4 is 11.1 Å². The number of esters is 1. The second-order valence-electron chi connectivity index (χ2n) is 1.75. The quantitative estimate of drug-likeness (QED) is 0.501. The maximum atomic E-state index is 10.6. The third-order valence-corrected chi connectivity index (χ3v) is 0.914. The topological polar surface area (TPSA) is 81.4 Å². The second kappa shape index (κ2) is 3.71. The maximum absolute atomic E-state index is 10.6. The number of carbonyl (C=O) groups excluding carboxylic acids is 2. The van der Waals surface area contributed by atoms with Crippen molar-refractivity contribution in [3.05, 3.63) is 0 Å². The van der Waals surface area contributed by atoms with Crippen molar-refractivity contribution in [1.82, 2.24) is 5.32 Å². The van der Waals surface area contributed by atoms with Crippen LogP contribution in [0, 0.1) is 0 Å². The maximum Gasteiger partial charge on any atom is 0.328 e. The summed E-state index contributed by atoms with van der Waals surface area (Å²) in [7, 11) is 1.24. The van der Waals surface area contributed by atoms with Crippen LogP contribution in [0.1, 0.15) is 6.92 Å². The summed E-state index contributed by atoms with van der Waals surface area (Å²) in [6.07, 6.45) is 0. The van der Waals surface area contributed by atoms with Crippen LogP contribution in [-0.2, 0) is 9.53 Å². The van der Waals surface area contributed by atoms with Crippen LogP contribution in [0.2, 0.25) is 0 Å². The van der Waals surface area contributed by atoms with E-state index in [1.54, 1.807) is 0 Å². The highest BCUT2D eigenvalue weighted by Crippen LogP contribution is 1.83. The molecule has 1 atom stereocenters. The number of urea groups is 1. The number of nitrogens with one attached hydrogen (secondary N) is 1. The van der Waals surface area contributed by atoms with E-state index in [2.05, 4.69) is 10.1 Å². The summed E-state index contributed by atoms with van der Waals surface area (Å²) in [5.74, 6) is -0.515. The standard InChI is InChI=1S/C5H10N2O3/c1-3(4(8)10-2)7-5(6)9/h3H,1-2H3,(H3,6,7,9)/t3-/m0/s1. The van der Waals surface area contributed by atoms with Crippen molar-refractivity contribution in [1.29, 1.82) is 0 Å². The van der Waals surface area contributed by atoms with Crippen LogP contribution in [0.4, 0.5) is 4.79 Å². The summed E-state index contributed by atoms with van der Waals surface area (Å²) in [6.45, 7) is 1.48. The molecule has 5 heteroatoms. The van der Waals surface area contributed by atoms with Crippen LogP contribution in [-0.4, -0.2) is 25.2 Å². The number of primary amides is 1. The molecule has 0 aliphatic rings. The Morgan fingerprint density at radius 3 is 2.40 bits per heavy atom. The lowest BCUT2D eigenvalue weighted by molar-refractivity contribution is -0.142. The molecule has 58 valence electrons. The third-order valence-electron chi connectivity index (χ3n) is 0.914. The van der Waals surface area contributed by atoms with E-state index < -0.39 is 18.0 Å². The molecule has 0 spiro atoms. The lowest BCUT2D eigenvalue weighted by atomic mass is 10.3. The summed E-state index contributed by atoms with van der Waals surface area (Å²) in [4.78, 5) is 20.7. The van der Waals surface area contributed by atoms with Gasteiger partial charge in [0.15, 0.2) is 0 Å². The molecule has 0 unspecified atom stereocenters.